The van der Waals surface area contributed by atoms with Crippen LogP contribution in [0.25, 0.3) is 0 Å². The van der Waals surface area contributed by atoms with Crippen LogP contribution in [-0.4, -0.2) is 79.4 Å². The van der Waals surface area contributed by atoms with Crippen molar-refractivity contribution >= 4 is 75.3 Å². The first-order valence-electron chi connectivity index (χ1n) is 1.51. The second-order valence-corrected chi connectivity index (χ2v) is 75.9. The van der Waals surface area contributed by atoms with Crippen molar-refractivity contribution in [2.75, 3.05) is 0 Å². The molecule has 1 N–H and O–H groups in total. The Balaban J connectivity index is 2.45. The minimum absolute atomic E-state index is 0.271. The molecule has 44 valence electrons. The second kappa shape index (κ2) is 9.31. The van der Waals surface area contributed by atoms with E-state index in [2.05, 4.69) is 0 Å². The summed E-state index contributed by atoms with van der Waals surface area (Å²) in [5.41, 5.74) is 0. The summed E-state index contributed by atoms with van der Waals surface area (Å²) >= 11 is 4.21. The third-order valence-corrected chi connectivity index (χ3v) is 152. The Bertz CT molecular complexity index is 23.4. The van der Waals surface area contributed by atoms with Gasteiger partial charge in [-0.2, -0.15) is 0 Å². The van der Waals surface area contributed by atoms with Crippen molar-refractivity contribution in [2.45, 2.75) is 0 Å². The van der Waals surface area contributed by atoms with Gasteiger partial charge in [0.2, 0.25) is 0 Å². The molecule has 0 radical (unpaired) electrons. The first-order valence-corrected chi connectivity index (χ1v) is 36.0. The molecule has 0 heterocycles. The molecule has 1 nitrogen and oxygen atoms in total. The van der Waals surface area contributed by atoms with E-state index in [1.807, 2.05) is 14.8 Å². The Kier molecular flexibility index (Phi) is 13.7. The van der Waals surface area contributed by atoms with E-state index in [-0.39, 0.29) is 14.0 Å². The fraction of sp³-hybridized carbons (Fsp3) is 0. The molecule has 0 aromatic rings. The van der Waals surface area contributed by atoms with Crippen LogP contribution < -0.4 is 0 Å². The van der Waals surface area contributed by atoms with Crippen LogP contribution in [0.5, 0.6) is 0 Å². The van der Waals surface area contributed by atoms with Gasteiger partial charge in [0.1, 0.15) is 0 Å². The van der Waals surface area contributed by atoms with Gasteiger partial charge < -0.3 is 0 Å². The predicted molar refractivity (Wildman–Crippen MR) is 46.5 cm³/mol. The first kappa shape index (κ1) is 10.3. The van der Waals surface area contributed by atoms with Crippen molar-refractivity contribution in [1.29, 1.82) is 0 Å². The molecule has 0 saturated heterocycles. The summed E-state index contributed by atoms with van der Waals surface area (Å²) in [6, 6.07) is 0. The Morgan fingerprint density at radius 1 is 1.14 bits per heavy atom. The Hall–Kier alpha value is 3.31. The molecule has 6 unspecified atom stereocenters. The van der Waals surface area contributed by atoms with E-state index >= 15 is 0 Å². The van der Waals surface area contributed by atoms with Crippen LogP contribution in [0.4, 0.5) is 0 Å². The van der Waals surface area contributed by atoms with Crippen LogP contribution in [0.2, 0.25) is 0 Å². The maximum absolute atomic E-state index is 8.54. The zero-order chi connectivity index (χ0) is 5.54. The van der Waals surface area contributed by atoms with Crippen LogP contribution >= 0.6 is 0 Å². The summed E-state index contributed by atoms with van der Waals surface area (Å²) in [4.78, 5) is 0. The SMILES string of the molecule is O[AsH][AsH][AsH][AsH][AsH][AsH2]. The van der Waals surface area contributed by atoms with E-state index in [0.29, 0.717) is 46.5 Å². The van der Waals surface area contributed by atoms with E-state index in [0.717, 1.165) is 0 Å². The second-order valence-electron chi connectivity index (χ2n) is 0.631. The van der Waals surface area contributed by atoms with E-state index in [4.69, 9.17) is 4.10 Å². The van der Waals surface area contributed by atoms with Gasteiger partial charge in [0, 0.05) is 0 Å². The average molecular weight is 474 g/mol. The molecule has 0 spiro atoms. The molecule has 0 saturated carbocycles. The molecule has 0 aliphatic carbocycles. The van der Waals surface area contributed by atoms with Crippen molar-refractivity contribution in [3.05, 3.63) is 0 Å². The molecule has 0 amide bonds. The van der Waals surface area contributed by atoms with Crippen LogP contribution in [0.3, 0.4) is 0 Å². The molecule has 0 bridgehead atoms. The monoisotopic (exact) mass is 474 g/mol. The first-order chi connectivity index (χ1) is 3.41. The van der Waals surface area contributed by atoms with E-state index in [1.165, 1.54) is 0 Å². The van der Waals surface area contributed by atoms with Gasteiger partial charge in [-0.25, -0.2) is 0 Å². The fourth-order valence-corrected chi connectivity index (χ4v) is 275. The van der Waals surface area contributed by atoms with Crippen LogP contribution in [-0.2, 0) is 0 Å². The Morgan fingerprint density at radius 2 is 1.86 bits per heavy atom. The zero-order valence-electron chi connectivity index (χ0n) is 3.52. The summed E-state index contributed by atoms with van der Waals surface area (Å²) in [6.45, 7) is 0. The van der Waals surface area contributed by atoms with Gasteiger partial charge in [-0.15, -0.1) is 0 Å². The quantitative estimate of drug-likeness (QED) is 0.322. The van der Waals surface area contributed by atoms with Gasteiger partial charge in [0.05, 0.1) is 0 Å². The van der Waals surface area contributed by atoms with Crippen molar-refractivity contribution < 1.29 is 4.10 Å². The maximum atomic E-state index is 8.54. The molecule has 0 aliphatic heterocycles. The predicted octanol–water partition coefficient (Wildman–Crippen LogP) is -4.72. The van der Waals surface area contributed by atoms with E-state index in [1.54, 1.807) is 0 Å². The van der Waals surface area contributed by atoms with E-state index in [9.17, 15) is 0 Å². The van der Waals surface area contributed by atoms with Gasteiger partial charge in [-0.3, -0.25) is 0 Å². The molecule has 7 heteroatoms. The molecule has 0 aromatic heterocycles. The molecule has 0 aliphatic rings. The summed E-state index contributed by atoms with van der Waals surface area (Å²) in [5, 5.41) is 0. The van der Waals surface area contributed by atoms with Gasteiger partial charge >= 0.3 is 79.4 Å². The van der Waals surface area contributed by atoms with Crippen molar-refractivity contribution in [2.24, 2.45) is 0 Å². The molecule has 0 rings (SSSR count). The zero-order valence-corrected chi connectivity index (χ0v) is 16.4. The summed E-state index contributed by atoms with van der Waals surface area (Å²) in [6.07, 6.45) is 0. The topological polar surface area (TPSA) is 20.2 Å². The molecular weight excluding hydrogens is 466 g/mol. The molecule has 7 heavy (non-hydrogen) atoms. The van der Waals surface area contributed by atoms with Gasteiger partial charge in [0.15, 0.2) is 0 Å². The Labute approximate surface area is 77.7 Å². The van der Waals surface area contributed by atoms with Gasteiger partial charge in [-0.05, 0) is 0 Å². The van der Waals surface area contributed by atoms with E-state index < -0.39 is 0 Å². The minimum atomic E-state index is -0.271. The fourth-order valence-electron chi connectivity index (χ4n) is 0.0953. The summed E-state index contributed by atoms with van der Waals surface area (Å²) < 4.78 is 8.54. The molecule has 0 aromatic carbocycles. The van der Waals surface area contributed by atoms with Gasteiger partial charge in [-0.1, -0.05) is 0 Å². The van der Waals surface area contributed by atoms with Gasteiger partial charge in [0.25, 0.3) is 0 Å². The number of hydrogen-bond donors (Lipinski definition) is 1. The van der Waals surface area contributed by atoms with Crippen molar-refractivity contribution in [1.82, 2.24) is 0 Å². The number of hydrogen-bond acceptors (Lipinski definition) is 1. The third kappa shape index (κ3) is 9.31. The number of rotatable bonds is 4. The molecular formula is H8As6O. The standard InChI is InChI=1S/As6H8O/c1-2-3-4-5-6-7/h2-7H,1H2. The van der Waals surface area contributed by atoms with Crippen molar-refractivity contribution in [3.8, 4) is 0 Å². The Morgan fingerprint density at radius 3 is 2.29 bits per heavy atom. The average Bonchev–Trinajstić information content (AvgIpc) is 1.69. The summed E-state index contributed by atoms with van der Waals surface area (Å²) in [7, 11) is 0. The van der Waals surface area contributed by atoms with Crippen LogP contribution in [0.1, 0.15) is 0 Å². The molecule has 6 atom stereocenters. The van der Waals surface area contributed by atoms with Crippen LogP contribution in [0.15, 0.2) is 0 Å². The van der Waals surface area contributed by atoms with Crippen LogP contribution in [0, 0.1) is 0 Å². The summed E-state index contributed by atoms with van der Waals surface area (Å²) in [5.74, 6) is 0. The third-order valence-electron chi connectivity index (χ3n) is 0.253. The van der Waals surface area contributed by atoms with Crippen molar-refractivity contribution in [3.63, 3.8) is 0 Å². The normalized spacial score (nSPS) is 18.0. The molecule has 0 fully saturated rings.